The minimum Gasteiger partial charge on any atom is -0.421 e. The van der Waals surface area contributed by atoms with Crippen LogP contribution in [0.5, 0.6) is 0 Å². The van der Waals surface area contributed by atoms with E-state index >= 15 is 0 Å². The number of hydrogen-bond acceptors (Lipinski definition) is 4. The third-order valence-corrected chi connectivity index (χ3v) is 2.90. The topological polar surface area (TPSA) is 51.0 Å². The summed E-state index contributed by atoms with van der Waals surface area (Å²) in [5.74, 6) is 1.27. The van der Waals surface area contributed by atoms with Gasteiger partial charge in [-0.15, -0.1) is 10.2 Å². The quantitative estimate of drug-likeness (QED) is 0.862. The maximum absolute atomic E-state index is 5.59. The van der Waals surface area contributed by atoms with E-state index in [1.165, 1.54) is 0 Å². The summed E-state index contributed by atoms with van der Waals surface area (Å²) in [7, 11) is 1.93. The van der Waals surface area contributed by atoms with Crippen LogP contribution in [0.4, 0.5) is 0 Å². The molecule has 0 atom stereocenters. The summed E-state index contributed by atoms with van der Waals surface area (Å²) in [5.41, 5.74) is 0.945. The number of nitrogens with zero attached hydrogens (tertiary/aromatic N) is 2. The van der Waals surface area contributed by atoms with Gasteiger partial charge in [0.05, 0.1) is 0 Å². The predicted molar refractivity (Wildman–Crippen MR) is 69.7 cm³/mol. The molecule has 90 valence electrons. The van der Waals surface area contributed by atoms with E-state index in [0.717, 1.165) is 29.4 Å². The Morgan fingerprint density at radius 2 is 2.00 bits per heavy atom. The molecule has 1 heterocycles. The number of aryl methyl sites for hydroxylation is 1. The monoisotopic (exact) mass is 295 g/mol. The minimum atomic E-state index is 0.581. The second-order valence-electron chi connectivity index (χ2n) is 3.71. The molecule has 1 N–H and O–H groups in total. The van der Waals surface area contributed by atoms with Crippen molar-refractivity contribution in [3.8, 4) is 11.5 Å². The van der Waals surface area contributed by atoms with E-state index in [4.69, 9.17) is 4.42 Å². The van der Waals surface area contributed by atoms with Crippen LogP contribution < -0.4 is 5.32 Å². The molecule has 0 aliphatic rings. The summed E-state index contributed by atoms with van der Waals surface area (Å²) in [6, 6.07) is 7.82. The first-order valence-electron chi connectivity index (χ1n) is 5.52. The molecule has 0 bridgehead atoms. The highest BCUT2D eigenvalue weighted by atomic mass is 79.9. The maximum Gasteiger partial charge on any atom is 0.247 e. The van der Waals surface area contributed by atoms with Crippen molar-refractivity contribution in [2.75, 3.05) is 13.6 Å². The second kappa shape index (κ2) is 5.93. The summed E-state index contributed by atoms with van der Waals surface area (Å²) in [4.78, 5) is 0. The van der Waals surface area contributed by atoms with Gasteiger partial charge in [0, 0.05) is 16.5 Å². The average molecular weight is 296 g/mol. The molecule has 1 aromatic heterocycles. The largest absolute Gasteiger partial charge is 0.421 e. The molecule has 0 fully saturated rings. The molecule has 2 aromatic rings. The first-order valence-corrected chi connectivity index (χ1v) is 6.32. The molecule has 0 aliphatic carbocycles. The van der Waals surface area contributed by atoms with Gasteiger partial charge in [-0.1, -0.05) is 15.9 Å². The Kier molecular flexibility index (Phi) is 4.28. The zero-order chi connectivity index (χ0) is 12.1. The number of rotatable bonds is 5. The minimum absolute atomic E-state index is 0.581. The van der Waals surface area contributed by atoms with Gasteiger partial charge in [-0.3, -0.25) is 0 Å². The Hall–Kier alpha value is -1.20. The zero-order valence-electron chi connectivity index (χ0n) is 9.61. The summed E-state index contributed by atoms with van der Waals surface area (Å²) < 4.78 is 6.63. The van der Waals surface area contributed by atoms with Crippen LogP contribution in [0, 0.1) is 0 Å². The molecule has 4 nitrogen and oxygen atoms in total. The number of aromatic nitrogens is 2. The van der Waals surface area contributed by atoms with Gasteiger partial charge >= 0.3 is 0 Å². The van der Waals surface area contributed by atoms with Gasteiger partial charge in [0.25, 0.3) is 0 Å². The highest BCUT2D eigenvalue weighted by Gasteiger charge is 2.07. The van der Waals surface area contributed by atoms with Crippen LogP contribution >= 0.6 is 15.9 Å². The number of nitrogens with one attached hydrogen (secondary N) is 1. The Balaban J connectivity index is 2.04. The maximum atomic E-state index is 5.59. The Morgan fingerprint density at radius 3 is 2.71 bits per heavy atom. The highest BCUT2D eigenvalue weighted by Crippen LogP contribution is 2.20. The molecule has 0 amide bonds. The van der Waals surface area contributed by atoms with Gasteiger partial charge in [-0.05, 0) is 44.3 Å². The SMILES string of the molecule is CNCCCc1nnc(-c2ccc(Br)cc2)o1. The molecular weight excluding hydrogens is 282 g/mol. The van der Waals surface area contributed by atoms with Crippen molar-refractivity contribution in [1.29, 1.82) is 0 Å². The van der Waals surface area contributed by atoms with Crippen molar-refractivity contribution in [2.45, 2.75) is 12.8 Å². The van der Waals surface area contributed by atoms with Crippen molar-refractivity contribution in [3.63, 3.8) is 0 Å². The molecule has 2 rings (SSSR count). The first-order chi connectivity index (χ1) is 8.29. The lowest BCUT2D eigenvalue weighted by atomic mass is 10.2. The van der Waals surface area contributed by atoms with Gasteiger partial charge in [-0.2, -0.15) is 0 Å². The summed E-state index contributed by atoms with van der Waals surface area (Å²) >= 11 is 3.39. The molecule has 0 radical (unpaired) electrons. The van der Waals surface area contributed by atoms with E-state index in [1.54, 1.807) is 0 Å². The van der Waals surface area contributed by atoms with Gasteiger partial charge in [0.2, 0.25) is 11.8 Å². The zero-order valence-corrected chi connectivity index (χ0v) is 11.2. The normalized spacial score (nSPS) is 10.7. The molecule has 0 saturated heterocycles. The molecule has 17 heavy (non-hydrogen) atoms. The Bertz CT molecular complexity index is 467. The van der Waals surface area contributed by atoms with Crippen LogP contribution in [0.2, 0.25) is 0 Å². The van der Waals surface area contributed by atoms with E-state index in [-0.39, 0.29) is 0 Å². The van der Waals surface area contributed by atoms with Gasteiger partial charge in [0.15, 0.2) is 0 Å². The van der Waals surface area contributed by atoms with Crippen molar-refractivity contribution >= 4 is 15.9 Å². The highest BCUT2D eigenvalue weighted by molar-refractivity contribution is 9.10. The third kappa shape index (κ3) is 3.38. The molecule has 0 unspecified atom stereocenters. The van der Waals surface area contributed by atoms with E-state index in [2.05, 4.69) is 31.4 Å². The molecule has 0 saturated carbocycles. The Labute approximate surface area is 109 Å². The van der Waals surface area contributed by atoms with Crippen LogP contribution in [0.3, 0.4) is 0 Å². The summed E-state index contributed by atoms with van der Waals surface area (Å²) in [6.07, 6.45) is 1.81. The lowest BCUT2D eigenvalue weighted by Gasteiger charge is -1.95. The van der Waals surface area contributed by atoms with Crippen molar-refractivity contribution in [2.24, 2.45) is 0 Å². The fourth-order valence-corrected chi connectivity index (χ4v) is 1.74. The first kappa shape index (κ1) is 12.3. The molecular formula is C12H14BrN3O. The van der Waals surface area contributed by atoms with Gasteiger partial charge in [0.1, 0.15) is 0 Å². The van der Waals surface area contributed by atoms with E-state index in [0.29, 0.717) is 11.8 Å². The van der Waals surface area contributed by atoms with Gasteiger partial charge in [-0.25, -0.2) is 0 Å². The van der Waals surface area contributed by atoms with Crippen LogP contribution in [0.1, 0.15) is 12.3 Å². The number of halogens is 1. The lowest BCUT2D eigenvalue weighted by Crippen LogP contribution is -2.08. The lowest BCUT2D eigenvalue weighted by molar-refractivity contribution is 0.495. The fourth-order valence-electron chi connectivity index (χ4n) is 1.48. The average Bonchev–Trinajstić information content (AvgIpc) is 2.79. The van der Waals surface area contributed by atoms with Crippen molar-refractivity contribution in [1.82, 2.24) is 15.5 Å². The molecule has 1 aromatic carbocycles. The number of hydrogen-bond donors (Lipinski definition) is 1. The molecule has 5 heteroatoms. The fraction of sp³-hybridized carbons (Fsp3) is 0.333. The second-order valence-corrected chi connectivity index (χ2v) is 4.63. The summed E-state index contributed by atoms with van der Waals surface area (Å²) in [5, 5.41) is 11.2. The Morgan fingerprint density at radius 1 is 1.24 bits per heavy atom. The van der Waals surface area contributed by atoms with Gasteiger partial charge < -0.3 is 9.73 Å². The smallest absolute Gasteiger partial charge is 0.247 e. The van der Waals surface area contributed by atoms with Crippen LogP contribution in [0.25, 0.3) is 11.5 Å². The van der Waals surface area contributed by atoms with Crippen LogP contribution in [-0.4, -0.2) is 23.8 Å². The van der Waals surface area contributed by atoms with E-state index in [9.17, 15) is 0 Å². The van der Waals surface area contributed by atoms with Crippen molar-refractivity contribution < 1.29 is 4.42 Å². The molecule has 0 aliphatic heterocycles. The molecule has 0 spiro atoms. The standard InChI is InChI=1S/C12H14BrN3O/c1-14-8-2-3-11-15-16-12(17-11)9-4-6-10(13)7-5-9/h4-7,14H,2-3,8H2,1H3. The predicted octanol–water partition coefficient (Wildman–Crippen LogP) is 2.65. The van der Waals surface area contributed by atoms with Crippen molar-refractivity contribution in [3.05, 3.63) is 34.6 Å². The number of benzene rings is 1. The van der Waals surface area contributed by atoms with Crippen LogP contribution in [-0.2, 0) is 6.42 Å². The summed E-state index contributed by atoms with van der Waals surface area (Å²) in [6.45, 7) is 0.954. The third-order valence-electron chi connectivity index (χ3n) is 2.38. The van der Waals surface area contributed by atoms with Crippen LogP contribution in [0.15, 0.2) is 33.2 Å². The van der Waals surface area contributed by atoms with E-state index in [1.807, 2.05) is 31.3 Å². The van der Waals surface area contributed by atoms with E-state index < -0.39 is 0 Å².